The van der Waals surface area contributed by atoms with Gasteiger partial charge < -0.3 is 9.26 Å². The molecule has 1 saturated carbocycles. The normalized spacial score (nSPS) is 18.6. The summed E-state index contributed by atoms with van der Waals surface area (Å²) in [4.78, 5) is 17.7. The molecule has 2 aliphatic carbocycles. The minimum absolute atomic E-state index is 0.118. The highest BCUT2D eigenvalue weighted by molar-refractivity contribution is 6.05. The number of rotatable bonds is 11. The Morgan fingerprint density at radius 3 is 2.58 bits per heavy atom. The van der Waals surface area contributed by atoms with Crippen molar-refractivity contribution in [3.8, 4) is 5.75 Å². The zero-order chi connectivity index (χ0) is 27.9. The quantitative estimate of drug-likeness (QED) is 0.251. The molecule has 1 aromatic heterocycles. The van der Waals surface area contributed by atoms with Crippen molar-refractivity contribution in [3.05, 3.63) is 88.3 Å². The van der Waals surface area contributed by atoms with Crippen LogP contribution in [0.1, 0.15) is 99.4 Å². The first-order valence-corrected chi connectivity index (χ1v) is 14.8. The SMILES string of the molecule is CCCCC1(COc2ccc3c(c2)CC2=NC(c4ccc(CC(=O)Cc5cc(C(C)(C)C)on5)cc4)=CC23)CC1. The largest absolute Gasteiger partial charge is 0.493 e. The molecule has 3 aromatic rings. The number of carbonyl (C=O) groups excluding carboxylic acids is 1. The third-order valence-electron chi connectivity index (χ3n) is 8.66. The maximum atomic E-state index is 12.7. The zero-order valence-corrected chi connectivity index (χ0v) is 24.3. The smallest absolute Gasteiger partial charge is 0.143 e. The third kappa shape index (κ3) is 5.70. The number of ether oxygens (including phenoxy) is 1. The van der Waals surface area contributed by atoms with Crippen LogP contribution in [0.15, 0.2) is 64.1 Å². The Morgan fingerprint density at radius 1 is 1.07 bits per heavy atom. The standard InChI is InChI=1S/C35H40N2O3/c1-5-6-13-35(14-15-35)22-39-28-11-12-29-25(17-28)18-32-30(29)21-31(36-32)24-9-7-23(8-10-24)16-27(38)19-26-20-33(40-37-26)34(2,3)4/h7-12,17,20-21,30H,5-6,13-16,18-19,22H2,1-4H3. The second kappa shape index (κ2) is 10.5. The van der Waals surface area contributed by atoms with E-state index in [0.717, 1.165) is 41.4 Å². The fourth-order valence-corrected chi connectivity index (χ4v) is 5.88. The Kier molecular flexibility index (Phi) is 7.02. The van der Waals surface area contributed by atoms with Crippen LogP contribution in [0.3, 0.4) is 0 Å². The average Bonchev–Trinajstić information content (AvgIpc) is 3.21. The fraction of sp³-hybridized carbons (Fsp3) is 0.457. The van der Waals surface area contributed by atoms with Crippen molar-refractivity contribution in [1.29, 1.82) is 0 Å². The minimum Gasteiger partial charge on any atom is -0.493 e. The molecule has 6 rings (SSSR count). The van der Waals surface area contributed by atoms with E-state index in [-0.39, 0.29) is 23.5 Å². The fourth-order valence-electron chi connectivity index (χ4n) is 5.88. The Hall–Kier alpha value is -3.47. The first-order chi connectivity index (χ1) is 19.2. The van der Waals surface area contributed by atoms with Gasteiger partial charge in [0.05, 0.1) is 24.4 Å². The Morgan fingerprint density at radius 2 is 1.88 bits per heavy atom. The highest BCUT2D eigenvalue weighted by Gasteiger charge is 2.42. The van der Waals surface area contributed by atoms with E-state index in [0.29, 0.717) is 17.5 Å². The van der Waals surface area contributed by atoms with Gasteiger partial charge in [-0.2, -0.15) is 0 Å². The number of carbonyl (C=O) groups is 1. The number of fused-ring (bicyclic) bond motifs is 3. The Bertz CT molecular complexity index is 1460. The third-order valence-corrected chi connectivity index (χ3v) is 8.66. The zero-order valence-electron chi connectivity index (χ0n) is 24.3. The molecule has 0 N–H and O–H groups in total. The maximum absolute atomic E-state index is 12.7. The maximum Gasteiger partial charge on any atom is 0.143 e. The molecule has 0 amide bonds. The second-order valence-corrected chi connectivity index (χ2v) is 13.1. The van der Waals surface area contributed by atoms with Crippen LogP contribution >= 0.6 is 0 Å². The number of allylic oxidation sites excluding steroid dienone is 1. The summed E-state index contributed by atoms with van der Waals surface area (Å²) in [5, 5.41) is 4.09. The van der Waals surface area contributed by atoms with E-state index in [2.05, 4.69) is 69.3 Å². The number of benzene rings is 2. The number of unbranched alkanes of at least 4 members (excludes halogenated alkanes) is 1. The summed E-state index contributed by atoms with van der Waals surface area (Å²) in [6, 6.07) is 16.7. The number of aromatic nitrogens is 1. The van der Waals surface area contributed by atoms with E-state index < -0.39 is 0 Å². The van der Waals surface area contributed by atoms with Crippen LogP contribution in [-0.2, 0) is 29.5 Å². The van der Waals surface area contributed by atoms with E-state index >= 15 is 0 Å². The lowest BCUT2D eigenvalue weighted by Gasteiger charge is -2.16. The number of ketones is 1. The molecule has 1 unspecified atom stereocenters. The molecule has 5 heteroatoms. The molecule has 1 fully saturated rings. The molecule has 5 nitrogen and oxygen atoms in total. The van der Waals surface area contributed by atoms with E-state index in [1.165, 1.54) is 48.9 Å². The van der Waals surface area contributed by atoms with Crippen LogP contribution in [0.4, 0.5) is 0 Å². The van der Waals surface area contributed by atoms with Crippen LogP contribution in [-0.4, -0.2) is 23.3 Å². The molecular formula is C35H40N2O3. The molecule has 0 saturated heterocycles. The lowest BCUT2D eigenvalue weighted by molar-refractivity contribution is -0.117. The van der Waals surface area contributed by atoms with Crippen molar-refractivity contribution in [2.24, 2.45) is 10.4 Å². The second-order valence-electron chi connectivity index (χ2n) is 13.1. The van der Waals surface area contributed by atoms with Crippen molar-refractivity contribution < 1.29 is 14.1 Å². The number of nitrogens with zero attached hydrogens (tertiary/aromatic N) is 2. The summed E-state index contributed by atoms with van der Waals surface area (Å²) >= 11 is 0. The van der Waals surface area contributed by atoms with Crippen molar-refractivity contribution in [1.82, 2.24) is 5.16 Å². The van der Waals surface area contributed by atoms with Crippen LogP contribution in [0.25, 0.3) is 5.70 Å². The van der Waals surface area contributed by atoms with E-state index in [1.807, 2.05) is 18.2 Å². The van der Waals surface area contributed by atoms with Gasteiger partial charge in [0.15, 0.2) is 0 Å². The Labute approximate surface area is 237 Å². The summed E-state index contributed by atoms with van der Waals surface area (Å²) in [5.74, 6) is 2.18. The van der Waals surface area contributed by atoms with Gasteiger partial charge in [0.2, 0.25) is 0 Å². The molecule has 1 atom stereocenters. The summed E-state index contributed by atoms with van der Waals surface area (Å²) in [7, 11) is 0. The molecule has 208 valence electrons. The topological polar surface area (TPSA) is 64.7 Å². The molecule has 0 radical (unpaired) electrons. The van der Waals surface area contributed by atoms with Gasteiger partial charge >= 0.3 is 0 Å². The van der Waals surface area contributed by atoms with Gasteiger partial charge in [-0.25, -0.2) is 0 Å². The molecule has 0 bridgehead atoms. The monoisotopic (exact) mass is 536 g/mol. The average molecular weight is 537 g/mol. The van der Waals surface area contributed by atoms with Crippen LogP contribution in [0.5, 0.6) is 5.75 Å². The molecule has 3 aliphatic rings. The Balaban J connectivity index is 1.05. The molecular weight excluding hydrogens is 496 g/mol. The summed E-state index contributed by atoms with van der Waals surface area (Å²) in [6.07, 6.45) is 10.3. The molecule has 1 aliphatic heterocycles. The van der Waals surface area contributed by atoms with Gasteiger partial charge in [0, 0.05) is 41.4 Å². The van der Waals surface area contributed by atoms with Crippen LogP contribution < -0.4 is 4.74 Å². The van der Waals surface area contributed by atoms with Crippen LogP contribution in [0.2, 0.25) is 0 Å². The van der Waals surface area contributed by atoms with Gasteiger partial charge in [-0.05, 0) is 59.7 Å². The van der Waals surface area contributed by atoms with Crippen molar-refractivity contribution >= 4 is 17.2 Å². The number of Topliss-reactive ketones (excluding diaryl/α,β-unsaturated/α-hetero) is 1. The van der Waals surface area contributed by atoms with Crippen molar-refractivity contribution in [2.75, 3.05) is 6.61 Å². The first kappa shape index (κ1) is 26.7. The highest BCUT2D eigenvalue weighted by atomic mass is 16.5. The number of hydrogen-bond acceptors (Lipinski definition) is 5. The molecule has 0 spiro atoms. The predicted molar refractivity (Wildman–Crippen MR) is 159 cm³/mol. The van der Waals surface area contributed by atoms with Gasteiger partial charge in [-0.15, -0.1) is 0 Å². The van der Waals surface area contributed by atoms with Crippen molar-refractivity contribution in [2.45, 2.75) is 90.4 Å². The minimum atomic E-state index is -0.118. The van der Waals surface area contributed by atoms with Gasteiger partial charge in [-0.3, -0.25) is 9.79 Å². The van der Waals surface area contributed by atoms with E-state index in [1.54, 1.807) is 0 Å². The van der Waals surface area contributed by atoms with Gasteiger partial charge in [0.25, 0.3) is 0 Å². The van der Waals surface area contributed by atoms with Crippen LogP contribution in [0, 0.1) is 5.41 Å². The molecule has 2 heterocycles. The molecule has 2 aromatic carbocycles. The first-order valence-electron chi connectivity index (χ1n) is 14.8. The number of aliphatic imine (C=N–C) groups is 1. The lowest BCUT2D eigenvalue weighted by atomic mass is 9.93. The van der Waals surface area contributed by atoms with E-state index in [4.69, 9.17) is 14.3 Å². The number of hydrogen-bond donors (Lipinski definition) is 0. The lowest BCUT2D eigenvalue weighted by Crippen LogP contribution is -2.13. The summed E-state index contributed by atoms with van der Waals surface area (Å²) in [6.45, 7) is 9.32. The molecule has 40 heavy (non-hydrogen) atoms. The predicted octanol–water partition coefficient (Wildman–Crippen LogP) is 7.81. The van der Waals surface area contributed by atoms with E-state index in [9.17, 15) is 4.79 Å². The van der Waals surface area contributed by atoms with Gasteiger partial charge in [0.1, 0.15) is 17.3 Å². The summed E-state index contributed by atoms with van der Waals surface area (Å²) < 4.78 is 11.7. The van der Waals surface area contributed by atoms with Gasteiger partial charge in [-0.1, -0.05) is 76.0 Å². The highest BCUT2D eigenvalue weighted by Crippen LogP contribution is 2.50. The van der Waals surface area contributed by atoms with Crippen molar-refractivity contribution in [3.63, 3.8) is 0 Å². The summed E-state index contributed by atoms with van der Waals surface area (Å²) in [5.41, 5.74) is 8.02.